The number of hydrogen-bond acceptors (Lipinski definition) is 5. The Bertz CT molecular complexity index is 862. The van der Waals surface area contributed by atoms with E-state index in [1.807, 2.05) is 23.4 Å². The van der Waals surface area contributed by atoms with Crippen LogP contribution in [0.1, 0.15) is 36.5 Å². The number of aliphatic carboxylic acids is 1. The van der Waals surface area contributed by atoms with Gasteiger partial charge < -0.3 is 24.8 Å². The normalized spacial score (nSPS) is 23.3. The molecule has 3 N–H and O–H groups in total. The van der Waals surface area contributed by atoms with Gasteiger partial charge in [0.05, 0.1) is 22.7 Å². The van der Waals surface area contributed by atoms with Crippen molar-refractivity contribution in [3.63, 3.8) is 0 Å². The predicted molar refractivity (Wildman–Crippen MR) is 95.5 cm³/mol. The maximum Gasteiger partial charge on any atom is 0.335 e. The summed E-state index contributed by atoms with van der Waals surface area (Å²) in [5.41, 5.74) is 0.247. The number of imidazole rings is 1. The minimum atomic E-state index is -1.22. The van der Waals surface area contributed by atoms with Crippen molar-refractivity contribution < 1.29 is 24.9 Å². The van der Waals surface area contributed by atoms with Gasteiger partial charge in [0.25, 0.3) is 0 Å². The van der Waals surface area contributed by atoms with Gasteiger partial charge in [-0.15, -0.1) is 0 Å². The molecule has 8 heteroatoms. The van der Waals surface area contributed by atoms with E-state index in [1.165, 1.54) is 12.1 Å². The molecule has 0 unspecified atom stereocenters. The van der Waals surface area contributed by atoms with Gasteiger partial charge in [0.2, 0.25) is 5.95 Å². The van der Waals surface area contributed by atoms with Gasteiger partial charge in [-0.1, -0.05) is 13.3 Å². The number of piperidine rings is 1. The molecule has 0 amide bonds. The Balaban J connectivity index is 2.01. The van der Waals surface area contributed by atoms with E-state index >= 15 is 0 Å². The van der Waals surface area contributed by atoms with Crippen LogP contribution < -0.4 is 4.90 Å². The zero-order valence-corrected chi connectivity index (χ0v) is 14.8. The maximum absolute atomic E-state index is 12.0. The highest BCUT2D eigenvalue weighted by atomic mass is 16.4. The summed E-state index contributed by atoms with van der Waals surface area (Å²) in [6.45, 7) is 2.56. The number of aromatic nitrogens is 2. The van der Waals surface area contributed by atoms with Crippen molar-refractivity contribution in [1.29, 1.82) is 0 Å². The Morgan fingerprint density at radius 1 is 1.35 bits per heavy atom. The summed E-state index contributed by atoms with van der Waals surface area (Å²) >= 11 is 0. The molecule has 1 fully saturated rings. The molecule has 2 atom stereocenters. The number of aromatic carboxylic acids is 1. The highest BCUT2D eigenvalue weighted by Crippen LogP contribution is 2.37. The van der Waals surface area contributed by atoms with E-state index in [0.717, 1.165) is 5.52 Å². The first-order valence-electron chi connectivity index (χ1n) is 8.66. The fourth-order valence-corrected chi connectivity index (χ4v) is 3.86. The van der Waals surface area contributed by atoms with Crippen LogP contribution in [0.25, 0.3) is 11.0 Å². The Morgan fingerprint density at radius 2 is 2.08 bits per heavy atom. The van der Waals surface area contributed by atoms with Crippen LogP contribution in [0.2, 0.25) is 0 Å². The van der Waals surface area contributed by atoms with Crippen molar-refractivity contribution in [1.82, 2.24) is 9.55 Å². The number of aryl methyl sites for hydroxylation is 1. The van der Waals surface area contributed by atoms with E-state index in [0.29, 0.717) is 37.3 Å². The number of anilines is 1. The number of nitrogens with zero attached hydrogens (tertiary/aromatic N) is 3. The first-order chi connectivity index (χ1) is 12.3. The third kappa shape index (κ3) is 2.80. The van der Waals surface area contributed by atoms with Crippen LogP contribution in [-0.2, 0) is 11.8 Å². The van der Waals surface area contributed by atoms with Crippen molar-refractivity contribution >= 4 is 28.9 Å². The van der Waals surface area contributed by atoms with Crippen LogP contribution in [0.3, 0.4) is 0 Å². The van der Waals surface area contributed by atoms with Crippen LogP contribution in [0.5, 0.6) is 0 Å². The average Bonchev–Trinajstić information content (AvgIpc) is 2.93. The van der Waals surface area contributed by atoms with Gasteiger partial charge in [-0.05, 0) is 31.0 Å². The Kier molecular flexibility index (Phi) is 4.62. The quantitative estimate of drug-likeness (QED) is 0.742. The number of carbonyl (C=O) groups is 2. The number of carboxylic acids is 2. The first kappa shape index (κ1) is 18.2. The molecule has 1 aliphatic heterocycles. The van der Waals surface area contributed by atoms with Gasteiger partial charge in [-0.25, -0.2) is 9.78 Å². The standard InChI is InChI=1S/C18H23N3O5/c1-3-7-18(16(25)26)10-21(8-6-14(18)22)17-19-12-9-11(15(23)24)4-5-13(12)20(17)2/h4-5,9,14,22H,3,6-8,10H2,1-2H3,(H,23,24)(H,25,26)/t14-,18-/m0/s1. The summed E-state index contributed by atoms with van der Waals surface area (Å²) in [6, 6.07) is 4.73. The Morgan fingerprint density at radius 3 is 2.69 bits per heavy atom. The van der Waals surface area contributed by atoms with E-state index in [9.17, 15) is 19.8 Å². The van der Waals surface area contributed by atoms with E-state index in [-0.39, 0.29) is 12.1 Å². The molecule has 0 spiro atoms. The zero-order valence-electron chi connectivity index (χ0n) is 14.8. The average molecular weight is 361 g/mol. The van der Waals surface area contributed by atoms with E-state index < -0.39 is 23.5 Å². The lowest BCUT2D eigenvalue weighted by Gasteiger charge is -2.43. The molecule has 1 aliphatic rings. The molecule has 26 heavy (non-hydrogen) atoms. The second kappa shape index (κ2) is 6.60. The molecule has 1 saturated heterocycles. The van der Waals surface area contributed by atoms with Crippen molar-refractivity contribution in [3.05, 3.63) is 23.8 Å². The summed E-state index contributed by atoms with van der Waals surface area (Å²) in [5.74, 6) is -1.44. The number of aliphatic hydroxyl groups is 1. The van der Waals surface area contributed by atoms with E-state index in [1.54, 1.807) is 6.07 Å². The SMILES string of the molecule is CCC[C@]1(C(=O)O)CN(c2nc3cc(C(=O)O)ccc3n2C)CC[C@@H]1O. The molecule has 2 heterocycles. The maximum atomic E-state index is 12.0. The molecular weight excluding hydrogens is 338 g/mol. The van der Waals surface area contributed by atoms with Gasteiger partial charge in [0, 0.05) is 20.1 Å². The zero-order chi connectivity index (χ0) is 19.1. The van der Waals surface area contributed by atoms with Crippen LogP contribution in [0.15, 0.2) is 18.2 Å². The Hall–Kier alpha value is -2.61. The predicted octanol–water partition coefficient (Wildman–Crippen LogP) is 1.71. The smallest absolute Gasteiger partial charge is 0.335 e. The third-order valence-corrected chi connectivity index (χ3v) is 5.29. The van der Waals surface area contributed by atoms with Crippen molar-refractivity contribution in [2.24, 2.45) is 12.5 Å². The molecule has 8 nitrogen and oxygen atoms in total. The van der Waals surface area contributed by atoms with Gasteiger partial charge >= 0.3 is 11.9 Å². The summed E-state index contributed by atoms with van der Waals surface area (Å²) < 4.78 is 1.83. The Labute approximate surface area is 150 Å². The molecule has 0 radical (unpaired) electrons. The number of carboxylic acid groups (broad SMARTS) is 2. The summed E-state index contributed by atoms with van der Waals surface area (Å²) in [5, 5.41) is 29.3. The lowest BCUT2D eigenvalue weighted by Crippen LogP contribution is -2.56. The number of fused-ring (bicyclic) bond motifs is 1. The lowest BCUT2D eigenvalue weighted by atomic mass is 9.74. The summed E-state index contributed by atoms with van der Waals surface area (Å²) in [4.78, 5) is 29.5. The van der Waals surface area contributed by atoms with Gasteiger partial charge in [-0.2, -0.15) is 0 Å². The van der Waals surface area contributed by atoms with Crippen LogP contribution in [-0.4, -0.2) is 56.0 Å². The lowest BCUT2D eigenvalue weighted by molar-refractivity contribution is -0.158. The minimum absolute atomic E-state index is 0.155. The first-order valence-corrected chi connectivity index (χ1v) is 8.66. The topological polar surface area (TPSA) is 116 Å². The van der Waals surface area contributed by atoms with Gasteiger partial charge in [0.15, 0.2) is 0 Å². The molecule has 0 saturated carbocycles. The van der Waals surface area contributed by atoms with Crippen molar-refractivity contribution in [2.45, 2.75) is 32.3 Å². The summed E-state index contributed by atoms with van der Waals surface area (Å²) in [6.07, 6.45) is 0.481. The molecule has 3 rings (SSSR count). The number of hydrogen-bond donors (Lipinski definition) is 3. The molecule has 140 valence electrons. The summed E-state index contributed by atoms with van der Waals surface area (Å²) in [7, 11) is 1.82. The van der Waals surface area contributed by atoms with E-state index in [2.05, 4.69) is 4.98 Å². The second-order valence-electron chi connectivity index (χ2n) is 6.92. The second-order valence-corrected chi connectivity index (χ2v) is 6.92. The molecule has 0 aliphatic carbocycles. The monoisotopic (exact) mass is 361 g/mol. The van der Waals surface area contributed by atoms with Crippen molar-refractivity contribution in [3.8, 4) is 0 Å². The minimum Gasteiger partial charge on any atom is -0.481 e. The van der Waals surface area contributed by atoms with Gasteiger partial charge in [-0.3, -0.25) is 4.79 Å². The van der Waals surface area contributed by atoms with E-state index in [4.69, 9.17) is 5.11 Å². The molecular formula is C18H23N3O5. The molecule has 1 aromatic carbocycles. The van der Waals surface area contributed by atoms with Crippen LogP contribution >= 0.6 is 0 Å². The largest absolute Gasteiger partial charge is 0.481 e. The van der Waals surface area contributed by atoms with Crippen LogP contribution in [0.4, 0.5) is 5.95 Å². The number of rotatable bonds is 5. The third-order valence-electron chi connectivity index (χ3n) is 5.29. The number of benzene rings is 1. The molecule has 2 aromatic rings. The highest BCUT2D eigenvalue weighted by molar-refractivity contribution is 5.93. The fraction of sp³-hybridized carbons (Fsp3) is 0.500. The van der Waals surface area contributed by atoms with Crippen LogP contribution in [0, 0.1) is 5.41 Å². The van der Waals surface area contributed by atoms with Gasteiger partial charge in [0.1, 0.15) is 5.41 Å². The highest BCUT2D eigenvalue weighted by Gasteiger charge is 2.49. The number of aliphatic hydroxyl groups excluding tert-OH is 1. The molecule has 1 aromatic heterocycles. The fourth-order valence-electron chi connectivity index (χ4n) is 3.86. The molecule has 0 bridgehead atoms. The van der Waals surface area contributed by atoms with Crippen molar-refractivity contribution in [2.75, 3.05) is 18.0 Å².